The van der Waals surface area contributed by atoms with E-state index in [4.69, 9.17) is 19.8 Å². The van der Waals surface area contributed by atoms with Gasteiger partial charge in [0.2, 0.25) is 0 Å². The number of nitrogens with one attached hydrogen (secondary N) is 1. The fourth-order valence-corrected chi connectivity index (χ4v) is 3.14. The zero-order valence-electron chi connectivity index (χ0n) is 26.2. The van der Waals surface area contributed by atoms with E-state index in [0.717, 1.165) is 29.0 Å². The van der Waals surface area contributed by atoms with Crippen LogP contribution >= 0.6 is 0 Å². The molecule has 1 N–H and O–H groups in total. The molecule has 30 heavy (non-hydrogen) atoms. The van der Waals surface area contributed by atoms with E-state index < -0.39 is 50.0 Å². The van der Waals surface area contributed by atoms with Crippen molar-refractivity contribution in [2.45, 2.75) is 19.4 Å². The number of benzene rings is 1. The van der Waals surface area contributed by atoms with Crippen LogP contribution in [0.5, 0.6) is 5.75 Å². The van der Waals surface area contributed by atoms with Gasteiger partial charge in [0.1, 0.15) is 18.1 Å². The second-order valence-corrected chi connectivity index (χ2v) is 6.40. The lowest BCUT2D eigenvalue weighted by Gasteiger charge is -2.14. The first-order valence-corrected chi connectivity index (χ1v) is 8.80. The van der Waals surface area contributed by atoms with Crippen LogP contribution in [0.25, 0.3) is 16.6 Å². The third kappa shape index (κ3) is 3.27. The van der Waals surface area contributed by atoms with Gasteiger partial charge in [-0.3, -0.25) is 14.3 Å². The minimum Gasteiger partial charge on any atom is -0.487 e. The largest absolute Gasteiger partial charge is 0.487 e. The molecule has 6 nitrogen and oxygen atoms in total. The summed E-state index contributed by atoms with van der Waals surface area (Å²) in [6.45, 7) is -11.2. The Morgan fingerprint density at radius 2 is 2.27 bits per heavy atom. The van der Waals surface area contributed by atoms with Crippen LogP contribution in [-0.2, 0) is 26.4 Å². The summed E-state index contributed by atoms with van der Waals surface area (Å²) in [7, 11) is 0. The number of nitrogens with zero attached hydrogens (tertiary/aromatic N) is 3. The predicted octanol–water partition coefficient (Wildman–Crippen LogP) is 3.09. The van der Waals surface area contributed by atoms with E-state index in [2.05, 4.69) is 4.98 Å². The van der Waals surface area contributed by atoms with E-state index in [0.29, 0.717) is 4.57 Å². The lowest BCUT2D eigenvalue weighted by atomic mass is 10.1. The molecular formula is C23H21FN4O2. The van der Waals surface area contributed by atoms with Crippen LogP contribution < -0.4 is 15.6 Å². The fraction of sp³-hybridized carbons (Fsp3) is 0.217. The van der Waals surface area contributed by atoms with Gasteiger partial charge < -0.3 is 14.6 Å². The van der Waals surface area contributed by atoms with E-state index in [9.17, 15) is 9.18 Å². The molecule has 152 valence electrons. The molecule has 0 bridgehead atoms. The molecule has 5 rings (SSSR count). The maximum absolute atomic E-state index is 13.2. The van der Waals surface area contributed by atoms with E-state index in [-0.39, 0.29) is 33.6 Å². The highest BCUT2D eigenvalue weighted by Crippen LogP contribution is 2.29. The summed E-state index contributed by atoms with van der Waals surface area (Å²) in [4.78, 5) is 16.7. The van der Waals surface area contributed by atoms with Crippen LogP contribution in [0.2, 0.25) is 0 Å². The molecule has 1 aliphatic heterocycles. The van der Waals surface area contributed by atoms with Crippen molar-refractivity contribution in [1.82, 2.24) is 19.4 Å². The van der Waals surface area contributed by atoms with Crippen LogP contribution in [-0.4, -0.2) is 20.6 Å². The summed E-state index contributed by atoms with van der Waals surface area (Å²) in [5.74, 6) is -0.851. The van der Waals surface area contributed by atoms with Gasteiger partial charge in [-0.15, -0.1) is 0 Å². The number of ether oxygens (including phenoxy) is 1. The van der Waals surface area contributed by atoms with E-state index in [1.165, 1.54) is 30.5 Å². The van der Waals surface area contributed by atoms with Gasteiger partial charge in [0.05, 0.1) is 25.8 Å². The van der Waals surface area contributed by atoms with Crippen molar-refractivity contribution in [2.75, 3.05) is 6.50 Å². The van der Waals surface area contributed by atoms with Gasteiger partial charge in [-0.2, -0.15) is 0 Å². The Kier molecular flexibility index (Phi) is 2.48. The van der Waals surface area contributed by atoms with Crippen LogP contribution in [0.15, 0.2) is 59.7 Å². The summed E-state index contributed by atoms with van der Waals surface area (Å²) >= 11 is 0. The molecule has 4 heterocycles. The number of halogens is 1. The van der Waals surface area contributed by atoms with E-state index in [1.54, 1.807) is 0 Å². The lowest BCUT2D eigenvalue weighted by Crippen LogP contribution is -2.24. The predicted molar refractivity (Wildman–Crippen MR) is 112 cm³/mol. The van der Waals surface area contributed by atoms with Crippen molar-refractivity contribution in [2.24, 2.45) is 6.98 Å². The molecule has 0 aliphatic carbocycles. The Morgan fingerprint density at radius 3 is 3.07 bits per heavy atom. The molecule has 7 heteroatoms. The van der Waals surface area contributed by atoms with Crippen molar-refractivity contribution in [3.05, 3.63) is 88.0 Å². The third-order valence-electron chi connectivity index (χ3n) is 4.55. The van der Waals surface area contributed by atoms with Crippen molar-refractivity contribution in [3.63, 3.8) is 0 Å². The minimum absolute atomic E-state index is 0.00439. The van der Waals surface area contributed by atoms with Gasteiger partial charge in [0, 0.05) is 62.0 Å². The maximum atomic E-state index is 13.2. The van der Waals surface area contributed by atoms with E-state index >= 15 is 0 Å². The average molecular weight is 416 g/mol. The monoisotopic (exact) mass is 415 g/mol. The summed E-state index contributed by atoms with van der Waals surface area (Å²) in [5.41, 5.74) is -2.07. The van der Waals surface area contributed by atoms with Gasteiger partial charge in [0.25, 0.3) is 5.56 Å². The summed E-state index contributed by atoms with van der Waals surface area (Å²) < 4.78 is 110. The molecule has 0 radical (unpaired) electrons. The second-order valence-electron chi connectivity index (χ2n) is 6.40. The van der Waals surface area contributed by atoms with Crippen LogP contribution in [0.3, 0.4) is 0 Å². The molecule has 0 saturated carbocycles. The summed E-state index contributed by atoms with van der Waals surface area (Å²) in [5, 5.41) is 2.01. The number of hydrogen-bond acceptors (Lipinski definition) is 4. The van der Waals surface area contributed by atoms with Crippen molar-refractivity contribution >= 4 is 10.9 Å². The lowest BCUT2D eigenvalue weighted by molar-refractivity contribution is 0.300. The van der Waals surface area contributed by atoms with Crippen molar-refractivity contribution < 1.29 is 24.2 Å². The molecule has 0 unspecified atom stereocenters. The zero-order valence-corrected chi connectivity index (χ0v) is 15.2. The molecular weight excluding hydrogens is 383 g/mol. The number of aromatic nitrogens is 3. The Labute approximate surface area is 188 Å². The molecule has 1 aromatic carbocycles. The van der Waals surface area contributed by atoms with Gasteiger partial charge in [0.15, 0.2) is 0 Å². The molecule has 3 aromatic heterocycles. The Balaban J connectivity index is 1.63. The van der Waals surface area contributed by atoms with E-state index in [1.807, 2.05) is 5.32 Å². The molecule has 4 aromatic rings. The third-order valence-corrected chi connectivity index (χ3v) is 4.55. The smallest absolute Gasteiger partial charge is 0.258 e. The number of pyridine rings is 2. The van der Waals surface area contributed by atoms with Crippen molar-refractivity contribution in [3.8, 4) is 11.4 Å². The summed E-state index contributed by atoms with van der Waals surface area (Å²) in [6.07, 6.45) is -0.914. The average Bonchev–Trinajstić information content (AvgIpc) is 3.20. The Hall–Kier alpha value is -3.45. The number of fused-ring (bicyclic) bond motifs is 3. The standard InChI is InChI=1S/C23H21FN4O2/c1-27-21-6-8-25-13-20(21)19-5-4-17(10-22(19)27)28-9-7-18(11-23(28)29)30-14-16-3-2-15(24)12-26-16/h2-5,7,9-12,25H,6,8,13-14H2,1H3/i1D3,6D2,8D2,13D2,14D2. The van der Waals surface area contributed by atoms with Gasteiger partial charge >= 0.3 is 0 Å². The number of aryl methyl sites for hydroxylation is 1. The van der Waals surface area contributed by atoms with Crippen molar-refractivity contribution in [1.29, 1.82) is 0 Å². The normalized spacial score (nSPS) is 24.8. The van der Waals surface area contributed by atoms with Gasteiger partial charge in [-0.25, -0.2) is 4.39 Å². The molecule has 0 saturated heterocycles. The van der Waals surface area contributed by atoms with Crippen LogP contribution in [0.4, 0.5) is 4.39 Å². The van der Waals surface area contributed by atoms with Crippen LogP contribution in [0, 0.1) is 5.82 Å². The number of rotatable bonds is 4. The highest BCUT2D eigenvalue weighted by atomic mass is 19.1. The Bertz CT molecular complexity index is 1730. The topological polar surface area (TPSA) is 61.1 Å². The molecule has 0 fully saturated rings. The summed E-state index contributed by atoms with van der Waals surface area (Å²) in [6, 6.07) is 8.27. The first-order valence-electron chi connectivity index (χ1n) is 14.3. The van der Waals surface area contributed by atoms with Crippen LogP contribution in [0.1, 0.15) is 32.0 Å². The van der Waals surface area contributed by atoms with Gasteiger partial charge in [-0.1, -0.05) is 6.07 Å². The molecule has 0 amide bonds. The highest BCUT2D eigenvalue weighted by molar-refractivity contribution is 5.87. The van der Waals surface area contributed by atoms with Gasteiger partial charge in [-0.05, 0) is 35.9 Å². The minimum atomic E-state index is -3.05. The second kappa shape index (κ2) is 7.42. The molecule has 0 atom stereocenters. The Morgan fingerprint density at radius 1 is 1.33 bits per heavy atom. The maximum Gasteiger partial charge on any atom is 0.258 e. The first kappa shape index (κ1) is 10.0. The fourth-order valence-electron chi connectivity index (χ4n) is 3.14. The molecule has 1 aliphatic rings. The highest BCUT2D eigenvalue weighted by Gasteiger charge is 2.18. The molecule has 0 spiro atoms. The zero-order chi connectivity index (χ0) is 30.3. The first-order chi connectivity index (χ1) is 18.8. The SMILES string of the molecule is [2H]C1([2H])NC([2H])([2H])C([2H])([2H])c2c1c1ccc(-n3ccc(OC([2H])([2H])c4ccc(F)cn4)cc3=O)cc1n2C([2H])([2H])[2H]. The number of hydrogen-bond donors (Lipinski definition) is 1. The quantitative estimate of drug-likeness (QED) is 0.557.